The van der Waals surface area contributed by atoms with Gasteiger partial charge in [-0.1, -0.05) is 12.1 Å². The van der Waals surface area contributed by atoms with Crippen molar-refractivity contribution < 1.29 is 33.2 Å². The van der Waals surface area contributed by atoms with Crippen LogP contribution in [0.1, 0.15) is 12.5 Å². The molecule has 0 aromatic heterocycles. The molecular weight excluding hydrogens is 336 g/mol. The molecule has 0 aliphatic heterocycles. The molecule has 100 valence electrons. The Morgan fingerprint density at radius 1 is 1.29 bits per heavy atom. The third-order valence-corrected chi connectivity index (χ3v) is 3.54. The molecule has 0 saturated heterocycles. The van der Waals surface area contributed by atoms with Crippen molar-refractivity contribution >= 4 is 9.84 Å². The molecule has 6 heteroatoms. The molecule has 0 fully saturated rings. The van der Waals surface area contributed by atoms with Crippen molar-refractivity contribution in [3.05, 3.63) is 29.8 Å². The zero-order valence-electron chi connectivity index (χ0n) is 9.67. The number of halogens is 1. The largest absolute Gasteiger partial charge is 0.325 e. The fourth-order valence-electron chi connectivity index (χ4n) is 1.31. The fourth-order valence-corrected chi connectivity index (χ4v) is 1.94. The molecule has 0 amide bonds. The standard InChI is InChI=1S/C11H16FNO2S.Pd/c1-8(12)11(13)7-9-3-5-10(6-4-9)16(2,14)15;/h3-6,8,11H,7,13H2,1-2H3;. The minimum atomic E-state index is -3.17. The van der Waals surface area contributed by atoms with Crippen molar-refractivity contribution in [2.24, 2.45) is 5.73 Å². The van der Waals surface area contributed by atoms with Crippen LogP contribution in [-0.4, -0.2) is 26.9 Å². The number of hydrogen-bond donors (Lipinski definition) is 1. The van der Waals surface area contributed by atoms with Crippen molar-refractivity contribution in [3.63, 3.8) is 0 Å². The Morgan fingerprint density at radius 3 is 2.12 bits per heavy atom. The van der Waals surface area contributed by atoms with Crippen LogP contribution in [-0.2, 0) is 36.7 Å². The van der Waals surface area contributed by atoms with E-state index in [1.807, 2.05) is 0 Å². The monoisotopic (exact) mass is 351 g/mol. The van der Waals surface area contributed by atoms with Gasteiger partial charge in [-0.2, -0.15) is 0 Å². The van der Waals surface area contributed by atoms with Gasteiger partial charge >= 0.3 is 0 Å². The van der Waals surface area contributed by atoms with E-state index in [-0.39, 0.29) is 25.3 Å². The number of alkyl halides is 1. The molecule has 1 aromatic rings. The van der Waals surface area contributed by atoms with Crippen LogP contribution in [0.2, 0.25) is 0 Å². The maximum absolute atomic E-state index is 12.8. The Bertz CT molecular complexity index is 445. The summed E-state index contributed by atoms with van der Waals surface area (Å²) in [5.41, 5.74) is 6.42. The molecule has 0 saturated carbocycles. The minimum absolute atomic E-state index is 0. The summed E-state index contributed by atoms with van der Waals surface area (Å²) in [7, 11) is -3.17. The van der Waals surface area contributed by atoms with Gasteiger partial charge in [0.05, 0.1) is 4.90 Å². The van der Waals surface area contributed by atoms with Gasteiger partial charge in [-0.3, -0.25) is 0 Å². The molecule has 3 nitrogen and oxygen atoms in total. The summed E-state index contributed by atoms with van der Waals surface area (Å²) in [6, 6.07) is 5.81. The maximum Gasteiger partial charge on any atom is 0.175 e. The first-order chi connectivity index (χ1) is 7.30. The van der Waals surface area contributed by atoms with Gasteiger partial charge in [0, 0.05) is 32.7 Å². The minimum Gasteiger partial charge on any atom is -0.325 e. The van der Waals surface area contributed by atoms with E-state index in [0.717, 1.165) is 11.8 Å². The van der Waals surface area contributed by atoms with Gasteiger partial charge in [-0.15, -0.1) is 0 Å². The van der Waals surface area contributed by atoms with Crippen LogP contribution in [0.15, 0.2) is 29.2 Å². The zero-order valence-corrected chi connectivity index (χ0v) is 12.0. The molecule has 2 unspecified atom stereocenters. The van der Waals surface area contributed by atoms with Crippen LogP contribution >= 0.6 is 0 Å². The van der Waals surface area contributed by atoms with Crippen LogP contribution in [0.4, 0.5) is 4.39 Å². The van der Waals surface area contributed by atoms with Crippen LogP contribution in [0.3, 0.4) is 0 Å². The number of benzene rings is 1. The smallest absolute Gasteiger partial charge is 0.175 e. The third-order valence-electron chi connectivity index (χ3n) is 2.41. The SMILES string of the molecule is CC(F)C(N)Cc1ccc(S(C)(=O)=O)cc1.[Pd]. The van der Waals surface area contributed by atoms with E-state index < -0.39 is 22.1 Å². The molecule has 0 spiro atoms. The normalized spacial score (nSPS) is 14.8. The first-order valence-electron chi connectivity index (χ1n) is 4.99. The predicted molar refractivity (Wildman–Crippen MR) is 61.8 cm³/mol. The van der Waals surface area contributed by atoms with Crippen molar-refractivity contribution in [1.29, 1.82) is 0 Å². The van der Waals surface area contributed by atoms with E-state index in [9.17, 15) is 12.8 Å². The van der Waals surface area contributed by atoms with Gasteiger partial charge in [0.1, 0.15) is 6.17 Å². The van der Waals surface area contributed by atoms with Gasteiger partial charge < -0.3 is 5.73 Å². The Labute approximate surface area is 115 Å². The van der Waals surface area contributed by atoms with E-state index in [1.54, 1.807) is 12.1 Å². The van der Waals surface area contributed by atoms with Crippen LogP contribution in [0.25, 0.3) is 0 Å². The van der Waals surface area contributed by atoms with E-state index in [0.29, 0.717) is 6.42 Å². The summed E-state index contributed by atoms with van der Waals surface area (Å²) < 4.78 is 35.2. The second-order valence-electron chi connectivity index (χ2n) is 3.96. The van der Waals surface area contributed by atoms with Gasteiger partial charge in [0.25, 0.3) is 0 Å². The summed E-state index contributed by atoms with van der Waals surface area (Å²) in [6.45, 7) is 1.41. The van der Waals surface area contributed by atoms with E-state index in [2.05, 4.69) is 0 Å². The maximum atomic E-state index is 12.8. The molecule has 0 radical (unpaired) electrons. The Kier molecular flexibility index (Phi) is 6.49. The predicted octanol–water partition coefficient (Wildman–Crippen LogP) is 1.32. The van der Waals surface area contributed by atoms with Gasteiger partial charge in [-0.05, 0) is 31.0 Å². The summed E-state index contributed by atoms with van der Waals surface area (Å²) >= 11 is 0. The molecule has 1 rings (SSSR count). The topological polar surface area (TPSA) is 60.2 Å². The average Bonchev–Trinajstić information content (AvgIpc) is 2.17. The molecule has 0 aliphatic carbocycles. The quantitative estimate of drug-likeness (QED) is 0.832. The van der Waals surface area contributed by atoms with Crippen molar-refractivity contribution in [1.82, 2.24) is 0 Å². The van der Waals surface area contributed by atoms with E-state index in [4.69, 9.17) is 5.73 Å². The molecule has 0 aliphatic rings. The molecule has 1 aromatic carbocycles. The zero-order chi connectivity index (χ0) is 12.3. The fraction of sp³-hybridized carbons (Fsp3) is 0.455. The van der Waals surface area contributed by atoms with Crippen molar-refractivity contribution in [2.45, 2.75) is 30.5 Å². The molecule has 2 N–H and O–H groups in total. The second kappa shape index (κ2) is 6.60. The van der Waals surface area contributed by atoms with Crippen molar-refractivity contribution in [3.8, 4) is 0 Å². The van der Waals surface area contributed by atoms with Crippen LogP contribution < -0.4 is 5.73 Å². The number of rotatable bonds is 4. The molecule has 17 heavy (non-hydrogen) atoms. The van der Waals surface area contributed by atoms with Gasteiger partial charge in [0.2, 0.25) is 0 Å². The van der Waals surface area contributed by atoms with E-state index >= 15 is 0 Å². The summed E-state index contributed by atoms with van der Waals surface area (Å²) in [5, 5.41) is 0. The first-order valence-corrected chi connectivity index (χ1v) is 6.88. The van der Waals surface area contributed by atoms with Crippen LogP contribution in [0, 0.1) is 0 Å². The first kappa shape index (κ1) is 16.7. The second-order valence-corrected chi connectivity index (χ2v) is 5.98. The Balaban J connectivity index is 0.00000256. The summed E-state index contributed by atoms with van der Waals surface area (Å²) in [6.07, 6.45) is 0.480. The molecule has 2 atom stereocenters. The number of hydrogen-bond acceptors (Lipinski definition) is 3. The molecule has 0 bridgehead atoms. The van der Waals surface area contributed by atoms with Crippen molar-refractivity contribution in [2.75, 3.05) is 6.26 Å². The van der Waals surface area contributed by atoms with Crippen LogP contribution in [0.5, 0.6) is 0 Å². The number of nitrogens with two attached hydrogens (primary N) is 1. The summed E-state index contributed by atoms with van der Waals surface area (Å²) in [4.78, 5) is 0.262. The third kappa shape index (κ3) is 5.26. The summed E-state index contributed by atoms with van der Waals surface area (Å²) in [5.74, 6) is 0. The van der Waals surface area contributed by atoms with E-state index in [1.165, 1.54) is 19.1 Å². The average molecular weight is 352 g/mol. The van der Waals surface area contributed by atoms with Gasteiger partial charge in [0.15, 0.2) is 9.84 Å². The number of sulfone groups is 1. The Hall–Kier alpha value is -0.278. The molecular formula is C11H16FNO2PdS. The Morgan fingerprint density at radius 2 is 1.76 bits per heavy atom. The molecule has 0 heterocycles. The van der Waals surface area contributed by atoms with Gasteiger partial charge in [-0.25, -0.2) is 12.8 Å².